The SMILES string of the molecule is N#Cc1cccc(-c2nc(N)c3cc(C(=O)O)nn3c2-c2ccncn2)c1. The molecule has 0 saturated carbocycles. The zero-order valence-electron chi connectivity index (χ0n) is 13.7. The van der Waals surface area contributed by atoms with Crippen molar-refractivity contribution in [2.24, 2.45) is 0 Å². The van der Waals surface area contributed by atoms with Gasteiger partial charge >= 0.3 is 5.97 Å². The number of carbonyl (C=O) groups is 1. The molecule has 0 amide bonds. The number of aromatic carboxylic acids is 1. The second-order valence-corrected chi connectivity index (χ2v) is 5.61. The number of aromatic nitrogens is 5. The van der Waals surface area contributed by atoms with E-state index in [-0.39, 0.29) is 11.5 Å². The van der Waals surface area contributed by atoms with Crippen LogP contribution in [0.1, 0.15) is 16.1 Å². The number of nitrogens with two attached hydrogens (primary N) is 1. The highest BCUT2D eigenvalue weighted by molar-refractivity contribution is 5.90. The molecule has 4 aromatic rings. The molecule has 0 aliphatic heterocycles. The summed E-state index contributed by atoms with van der Waals surface area (Å²) in [7, 11) is 0. The number of nitrogens with zero attached hydrogens (tertiary/aromatic N) is 6. The lowest BCUT2D eigenvalue weighted by atomic mass is 10.0. The highest BCUT2D eigenvalue weighted by atomic mass is 16.4. The molecule has 0 aliphatic carbocycles. The Hall–Kier alpha value is -4.32. The van der Waals surface area contributed by atoms with Gasteiger partial charge in [0.25, 0.3) is 0 Å². The monoisotopic (exact) mass is 357 g/mol. The van der Waals surface area contributed by atoms with Gasteiger partial charge < -0.3 is 10.8 Å². The van der Waals surface area contributed by atoms with Crippen molar-refractivity contribution in [3.63, 3.8) is 0 Å². The first kappa shape index (κ1) is 16.2. The Morgan fingerprint density at radius 2 is 2.11 bits per heavy atom. The van der Waals surface area contributed by atoms with Crippen molar-refractivity contribution in [2.45, 2.75) is 0 Å². The van der Waals surface area contributed by atoms with Crippen molar-refractivity contribution in [2.75, 3.05) is 5.73 Å². The molecule has 3 N–H and O–H groups in total. The van der Waals surface area contributed by atoms with Crippen LogP contribution >= 0.6 is 0 Å². The molecule has 9 nitrogen and oxygen atoms in total. The van der Waals surface area contributed by atoms with E-state index in [9.17, 15) is 15.2 Å². The van der Waals surface area contributed by atoms with Crippen LogP contribution in [0.3, 0.4) is 0 Å². The van der Waals surface area contributed by atoms with Crippen molar-refractivity contribution < 1.29 is 9.90 Å². The van der Waals surface area contributed by atoms with E-state index in [1.165, 1.54) is 16.9 Å². The summed E-state index contributed by atoms with van der Waals surface area (Å²) in [5, 5.41) is 22.6. The van der Waals surface area contributed by atoms with Gasteiger partial charge in [-0.25, -0.2) is 24.3 Å². The molecule has 0 saturated heterocycles. The third-order valence-corrected chi connectivity index (χ3v) is 3.95. The van der Waals surface area contributed by atoms with Crippen LogP contribution in [-0.4, -0.2) is 35.6 Å². The average molecular weight is 357 g/mol. The molecule has 3 heterocycles. The summed E-state index contributed by atoms with van der Waals surface area (Å²) in [4.78, 5) is 24.0. The molecule has 0 aliphatic rings. The van der Waals surface area contributed by atoms with Crippen LogP contribution < -0.4 is 5.73 Å². The molecular weight excluding hydrogens is 346 g/mol. The van der Waals surface area contributed by atoms with Gasteiger partial charge in [-0.05, 0) is 18.2 Å². The molecule has 130 valence electrons. The maximum atomic E-state index is 11.4. The largest absolute Gasteiger partial charge is 0.476 e. The van der Waals surface area contributed by atoms with E-state index in [1.54, 1.807) is 36.5 Å². The Morgan fingerprint density at radius 1 is 1.26 bits per heavy atom. The zero-order chi connectivity index (χ0) is 19.0. The van der Waals surface area contributed by atoms with E-state index in [0.29, 0.717) is 33.7 Å². The zero-order valence-corrected chi connectivity index (χ0v) is 13.7. The van der Waals surface area contributed by atoms with Gasteiger partial charge in [0.2, 0.25) is 0 Å². The van der Waals surface area contributed by atoms with Crippen molar-refractivity contribution in [3.05, 3.63) is 60.2 Å². The Balaban J connectivity index is 2.12. The highest BCUT2D eigenvalue weighted by Gasteiger charge is 2.21. The molecule has 9 heteroatoms. The van der Waals surface area contributed by atoms with Gasteiger partial charge in [-0.1, -0.05) is 12.1 Å². The van der Waals surface area contributed by atoms with Crippen molar-refractivity contribution in [1.82, 2.24) is 24.6 Å². The van der Waals surface area contributed by atoms with Crippen LogP contribution in [0.5, 0.6) is 0 Å². The maximum Gasteiger partial charge on any atom is 0.356 e. The third kappa shape index (κ3) is 2.71. The standard InChI is InChI=1S/C18H11N7O2/c19-8-10-2-1-3-11(6-10)15-16(12-4-5-21-9-22-12)25-14(17(20)23-15)7-13(24-25)18(26)27/h1-7,9H,(H2,20,23)(H,26,27). The quantitative estimate of drug-likeness (QED) is 0.566. The van der Waals surface area contributed by atoms with Crippen LogP contribution in [-0.2, 0) is 0 Å². The number of hydrogen-bond donors (Lipinski definition) is 2. The number of anilines is 1. The van der Waals surface area contributed by atoms with Gasteiger partial charge in [0.05, 0.1) is 17.3 Å². The molecular formula is C18H11N7O2. The van der Waals surface area contributed by atoms with Crippen LogP contribution in [0.2, 0.25) is 0 Å². The number of hydrogen-bond acceptors (Lipinski definition) is 7. The van der Waals surface area contributed by atoms with E-state index < -0.39 is 5.97 Å². The van der Waals surface area contributed by atoms with Gasteiger partial charge in [-0.2, -0.15) is 10.4 Å². The summed E-state index contributed by atoms with van der Waals surface area (Å²) < 4.78 is 1.41. The summed E-state index contributed by atoms with van der Waals surface area (Å²) >= 11 is 0. The van der Waals surface area contributed by atoms with E-state index in [2.05, 4.69) is 26.1 Å². The minimum atomic E-state index is -1.18. The summed E-state index contributed by atoms with van der Waals surface area (Å²) in [5.74, 6) is -1.06. The molecule has 4 rings (SSSR count). The summed E-state index contributed by atoms with van der Waals surface area (Å²) in [5.41, 5.74) is 8.69. The van der Waals surface area contributed by atoms with E-state index in [0.717, 1.165) is 0 Å². The van der Waals surface area contributed by atoms with Gasteiger partial charge in [0, 0.05) is 17.8 Å². The molecule has 0 atom stereocenters. The van der Waals surface area contributed by atoms with E-state index >= 15 is 0 Å². The molecule has 27 heavy (non-hydrogen) atoms. The summed E-state index contributed by atoms with van der Waals surface area (Å²) in [6.45, 7) is 0. The van der Waals surface area contributed by atoms with Crippen LogP contribution in [0.25, 0.3) is 28.2 Å². The van der Waals surface area contributed by atoms with Crippen LogP contribution in [0.15, 0.2) is 48.9 Å². The number of carboxylic acid groups (broad SMARTS) is 1. The lowest BCUT2D eigenvalue weighted by Crippen LogP contribution is -2.06. The molecule has 0 unspecified atom stereocenters. The first-order valence-electron chi connectivity index (χ1n) is 7.78. The Bertz CT molecular complexity index is 1230. The fourth-order valence-corrected chi connectivity index (χ4v) is 2.77. The fourth-order valence-electron chi connectivity index (χ4n) is 2.77. The highest BCUT2D eigenvalue weighted by Crippen LogP contribution is 2.32. The average Bonchev–Trinajstić information content (AvgIpc) is 3.15. The first-order chi connectivity index (χ1) is 13.1. The smallest absolute Gasteiger partial charge is 0.356 e. The second-order valence-electron chi connectivity index (χ2n) is 5.61. The summed E-state index contributed by atoms with van der Waals surface area (Å²) in [6, 6.07) is 11.9. The third-order valence-electron chi connectivity index (χ3n) is 3.95. The number of fused-ring (bicyclic) bond motifs is 1. The summed E-state index contributed by atoms with van der Waals surface area (Å²) in [6.07, 6.45) is 2.93. The van der Waals surface area contributed by atoms with E-state index in [1.807, 2.05) is 0 Å². The predicted molar refractivity (Wildman–Crippen MR) is 95.5 cm³/mol. The topological polar surface area (TPSA) is 143 Å². The molecule has 0 bridgehead atoms. The Morgan fingerprint density at radius 3 is 2.81 bits per heavy atom. The minimum Gasteiger partial charge on any atom is -0.476 e. The first-order valence-corrected chi connectivity index (χ1v) is 7.78. The van der Waals surface area contributed by atoms with Gasteiger partial charge in [0.1, 0.15) is 29.0 Å². The van der Waals surface area contributed by atoms with Gasteiger partial charge in [-0.3, -0.25) is 0 Å². The number of benzene rings is 1. The number of rotatable bonds is 3. The predicted octanol–water partition coefficient (Wildman–Crippen LogP) is 2.01. The minimum absolute atomic E-state index is 0.116. The number of nitrogen functional groups attached to an aromatic ring is 1. The Labute approximate surface area is 152 Å². The fraction of sp³-hybridized carbons (Fsp3) is 0. The van der Waals surface area contributed by atoms with Gasteiger partial charge in [-0.15, -0.1) is 0 Å². The van der Waals surface area contributed by atoms with Crippen LogP contribution in [0.4, 0.5) is 5.82 Å². The van der Waals surface area contributed by atoms with Crippen molar-refractivity contribution >= 4 is 17.3 Å². The maximum absolute atomic E-state index is 11.4. The van der Waals surface area contributed by atoms with E-state index in [4.69, 9.17) is 5.73 Å². The molecule has 0 radical (unpaired) electrons. The molecule has 1 aromatic carbocycles. The normalized spacial score (nSPS) is 10.6. The second kappa shape index (κ2) is 6.20. The molecule has 0 spiro atoms. The van der Waals surface area contributed by atoms with Crippen molar-refractivity contribution in [1.29, 1.82) is 5.26 Å². The van der Waals surface area contributed by atoms with Crippen molar-refractivity contribution in [3.8, 4) is 28.7 Å². The lowest BCUT2D eigenvalue weighted by Gasteiger charge is -2.12. The van der Waals surface area contributed by atoms with Crippen LogP contribution in [0, 0.1) is 11.3 Å². The molecule has 3 aromatic heterocycles. The number of nitriles is 1. The van der Waals surface area contributed by atoms with Gasteiger partial charge in [0.15, 0.2) is 5.69 Å². The number of carboxylic acids is 1. The lowest BCUT2D eigenvalue weighted by molar-refractivity contribution is 0.0690. The Kier molecular flexibility index (Phi) is 3.71. The molecule has 0 fully saturated rings.